The van der Waals surface area contributed by atoms with E-state index in [9.17, 15) is 0 Å². The van der Waals surface area contributed by atoms with Crippen LogP contribution in [0.2, 0.25) is 0 Å². The van der Waals surface area contributed by atoms with E-state index in [1.165, 1.54) is 42.7 Å². The van der Waals surface area contributed by atoms with Crippen LogP contribution in [0.5, 0.6) is 0 Å². The van der Waals surface area contributed by atoms with Crippen molar-refractivity contribution in [3.8, 4) is 0 Å². The standard InChI is InChI=1S/C10H16N2S/c1-2-3-7-4-5-8-9(6-7)13-10(11)12-8/h7H,2-6H2,1H3,(H2,11,12)/p+1. The van der Waals surface area contributed by atoms with Gasteiger partial charge in [-0.25, -0.2) is 4.98 Å². The Morgan fingerprint density at radius 3 is 3.23 bits per heavy atom. The number of aromatic amines is 1. The molecule has 0 saturated carbocycles. The van der Waals surface area contributed by atoms with Gasteiger partial charge in [0.2, 0.25) is 0 Å². The first-order valence-electron chi connectivity index (χ1n) is 5.09. The molecule has 1 aromatic rings. The van der Waals surface area contributed by atoms with Crippen LogP contribution in [0, 0.1) is 5.92 Å². The summed E-state index contributed by atoms with van der Waals surface area (Å²) in [6.45, 7) is 2.27. The van der Waals surface area contributed by atoms with E-state index >= 15 is 0 Å². The highest BCUT2D eigenvalue weighted by atomic mass is 32.1. The molecule has 3 heteroatoms. The van der Waals surface area contributed by atoms with E-state index in [-0.39, 0.29) is 0 Å². The lowest BCUT2D eigenvalue weighted by molar-refractivity contribution is -0.368. The zero-order valence-corrected chi connectivity index (χ0v) is 8.91. The first-order valence-corrected chi connectivity index (χ1v) is 5.90. The maximum absolute atomic E-state index is 5.74. The fraction of sp³-hybridized carbons (Fsp3) is 0.700. The molecule has 13 heavy (non-hydrogen) atoms. The first-order chi connectivity index (χ1) is 6.29. The Kier molecular flexibility index (Phi) is 2.54. The zero-order chi connectivity index (χ0) is 9.26. The summed E-state index contributed by atoms with van der Waals surface area (Å²) in [6, 6.07) is 0. The Balaban J connectivity index is 2.10. The largest absolute Gasteiger partial charge is 0.329 e. The molecule has 0 aliphatic heterocycles. The fourth-order valence-corrected chi connectivity index (χ4v) is 3.21. The second-order valence-corrected chi connectivity index (χ2v) is 5.03. The number of H-pyrrole nitrogens is 1. The molecule has 1 atom stereocenters. The highest BCUT2D eigenvalue weighted by Crippen LogP contribution is 2.30. The average Bonchev–Trinajstić information content (AvgIpc) is 2.44. The lowest BCUT2D eigenvalue weighted by Gasteiger charge is -2.18. The number of fused-ring (bicyclic) bond motifs is 1. The van der Waals surface area contributed by atoms with Crippen molar-refractivity contribution >= 4 is 16.5 Å². The third-order valence-corrected chi connectivity index (χ3v) is 3.80. The number of nitrogens with two attached hydrogens (primary N) is 1. The summed E-state index contributed by atoms with van der Waals surface area (Å²) in [5.41, 5.74) is 7.14. The van der Waals surface area contributed by atoms with Crippen molar-refractivity contribution in [2.45, 2.75) is 39.0 Å². The molecule has 1 aliphatic rings. The summed E-state index contributed by atoms with van der Waals surface area (Å²) in [7, 11) is 0. The van der Waals surface area contributed by atoms with Crippen LogP contribution in [0.3, 0.4) is 0 Å². The minimum atomic E-state index is 0.877. The van der Waals surface area contributed by atoms with Crippen molar-refractivity contribution in [2.24, 2.45) is 5.92 Å². The number of aryl methyl sites for hydroxylation is 1. The highest BCUT2D eigenvalue weighted by Gasteiger charge is 2.23. The third kappa shape index (κ3) is 1.85. The summed E-state index contributed by atoms with van der Waals surface area (Å²) < 4.78 is 0. The molecule has 72 valence electrons. The van der Waals surface area contributed by atoms with E-state index in [0.29, 0.717) is 0 Å². The minimum Gasteiger partial charge on any atom is -0.278 e. The van der Waals surface area contributed by atoms with Gasteiger partial charge in [-0.3, -0.25) is 5.73 Å². The number of nitrogens with one attached hydrogen (secondary N) is 1. The monoisotopic (exact) mass is 197 g/mol. The molecule has 2 nitrogen and oxygen atoms in total. The topological polar surface area (TPSA) is 40.2 Å². The van der Waals surface area contributed by atoms with Gasteiger partial charge in [-0.05, 0) is 18.8 Å². The Labute approximate surface area is 83.2 Å². The van der Waals surface area contributed by atoms with Crippen LogP contribution in [0.4, 0.5) is 5.13 Å². The molecule has 3 N–H and O–H groups in total. The second-order valence-electron chi connectivity index (χ2n) is 3.89. The number of nitrogen functional groups attached to an aromatic ring is 1. The van der Waals surface area contributed by atoms with E-state index in [2.05, 4.69) is 11.9 Å². The van der Waals surface area contributed by atoms with E-state index < -0.39 is 0 Å². The Bertz CT molecular complexity index is 293. The van der Waals surface area contributed by atoms with E-state index in [0.717, 1.165) is 11.0 Å². The van der Waals surface area contributed by atoms with Gasteiger partial charge in [0.15, 0.2) is 0 Å². The number of hydrogen-bond acceptors (Lipinski definition) is 2. The third-order valence-electron chi connectivity index (χ3n) is 2.82. The molecule has 2 rings (SSSR count). The number of aromatic nitrogens is 1. The van der Waals surface area contributed by atoms with Crippen LogP contribution in [0.25, 0.3) is 0 Å². The van der Waals surface area contributed by atoms with Gasteiger partial charge in [0, 0.05) is 6.42 Å². The lowest BCUT2D eigenvalue weighted by atomic mass is 9.88. The Hall–Kier alpha value is -0.570. The second kappa shape index (κ2) is 3.66. The maximum Gasteiger partial charge on any atom is 0.329 e. The van der Waals surface area contributed by atoms with E-state index in [1.807, 2.05) is 0 Å². The van der Waals surface area contributed by atoms with Gasteiger partial charge in [-0.15, -0.1) is 0 Å². The molecule has 0 amide bonds. The smallest absolute Gasteiger partial charge is 0.278 e. The van der Waals surface area contributed by atoms with Crippen molar-refractivity contribution in [3.05, 3.63) is 10.6 Å². The number of thiazole rings is 1. The predicted molar refractivity (Wildman–Crippen MR) is 55.7 cm³/mol. The van der Waals surface area contributed by atoms with Gasteiger partial charge in [-0.1, -0.05) is 31.1 Å². The van der Waals surface area contributed by atoms with Crippen LogP contribution in [0.15, 0.2) is 0 Å². The van der Waals surface area contributed by atoms with Gasteiger partial charge in [0.05, 0.1) is 4.88 Å². The van der Waals surface area contributed by atoms with E-state index in [4.69, 9.17) is 5.73 Å². The minimum absolute atomic E-state index is 0.877. The normalized spacial score (nSPS) is 21.5. The maximum atomic E-state index is 5.74. The van der Waals surface area contributed by atoms with Crippen molar-refractivity contribution < 1.29 is 4.98 Å². The SMILES string of the molecule is CCCC1CCc2[nH+]c(N)sc2C1. The number of hydrogen-bond donors (Lipinski definition) is 1. The predicted octanol–water partition coefficient (Wildman–Crippen LogP) is 2.05. The molecule has 1 aliphatic carbocycles. The number of anilines is 1. The Morgan fingerprint density at radius 1 is 1.62 bits per heavy atom. The van der Waals surface area contributed by atoms with Crippen molar-refractivity contribution in [2.75, 3.05) is 5.73 Å². The molecule has 0 fully saturated rings. The van der Waals surface area contributed by atoms with Crippen molar-refractivity contribution in [1.82, 2.24) is 0 Å². The summed E-state index contributed by atoms with van der Waals surface area (Å²) >= 11 is 1.74. The molecular weight excluding hydrogens is 180 g/mol. The molecule has 0 bridgehead atoms. The molecule has 0 radical (unpaired) electrons. The van der Waals surface area contributed by atoms with Gasteiger partial charge >= 0.3 is 5.13 Å². The van der Waals surface area contributed by atoms with Gasteiger partial charge in [-0.2, -0.15) is 0 Å². The summed E-state index contributed by atoms with van der Waals surface area (Å²) in [4.78, 5) is 4.76. The molecule has 1 aromatic heterocycles. The molecule has 0 saturated heterocycles. The number of rotatable bonds is 2. The summed E-state index contributed by atoms with van der Waals surface area (Å²) in [5, 5.41) is 0.877. The van der Waals surface area contributed by atoms with Gasteiger partial charge < -0.3 is 0 Å². The average molecular weight is 197 g/mol. The van der Waals surface area contributed by atoms with Gasteiger partial charge in [0.1, 0.15) is 5.69 Å². The summed E-state index contributed by atoms with van der Waals surface area (Å²) in [6.07, 6.45) is 6.48. The Morgan fingerprint density at radius 2 is 2.46 bits per heavy atom. The van der Waals surface area contributed by atoms with Crippen LogP contribution < -0.4 is 10.7 Å². The molecule has 0 spiro atoms. The zero-order valence-electron chi connectivity index (χ0n) is 8.10. The quantitative estimate of drug-likeness (QED) is 0.774. The van der Waals surface area contributed by atoms with Crippen molar-refractivity contribution in [3.63, 3.8) is 0 Å². The van der Waals surface area contributed by atoms with Crippen LogP contribution in [0.1, 0.15) is 36.8 Å². The van der Waals surface area contributed by atoms with Crippen LogP contribution >= 0.6 is 11.3 Å². The lowest BCUT2D eigenvalue weighted by Crippen LogP contribution is -2.19. The fourth-order valence-electron chi connectivity index (χ4n) is 2.17. The van der Waals surface area contributed by atoms with Crippen LogP contribution in [-0.2, 0) is 12.8 Å². The van der Waals surface area contributed by atoms with Gasteiger partial charge in [0.25, 0.3) is 0 Å². The van der Waals surface area contributed by atoms with Crippen LogP contribution in [-0.4, -0.2) is 0 Å². The van der Waals surface area contributed by atoms with E-state index in [1.54, 1.807) is 11.3 Å². The highest BCUT2D eigenvalue weighted by molar-refractivity contribution is 7.15. The molecule has 1 unspecified atom stereocenters. The summed E-state index contributed by atoms with van der Waals surface area (Å²) in [5.74, 6) is 0.906. The first kappa shape index (κ1) is 9.00. The molecule has 0 aromatic carbocycles. The van der Waals surface area contributed by atoms with Crippen molar-refractivity contribution in [1.29, 1.82) is 0 Å². The molecular formula is C10H17N2S+. The molecule has 1 heterocycles.